The van der Waals surface area contributed by atoms with Gasteiger partial charge in [-0.05, 0) is 23.6 Å². The molecule has 3 heterocycles. The van der Waals surface area contributed by atoms with E-state index in [1.165, 1.54) is 15.3 Å². The molecule has 1 aromatic carbocycles. The minimum absolute atomic E-state index is 0.0563. The van der Waals surface area contributed by atoms with Crippen LogP contribution in [-0.4, -0.2) is 66.8 Å². The summed E-state index contributed by atoms with van der Waals surface area (Å²) >= 11 is 1.13. The van der Waals surface area contributed by atoms with Gasteiger partial charge in [0.05, 0.1) is 30.8 Å². The van der Waals surface area contributed by atoms with Crippen molar-refractivity contribution < 1.29 is 17.9 Å². The van der Waals surface area contributed by atoms with Crippen LogP contribution in [0.2, 0.25) is 0 Å². The summed E-state index contributed by atoms with van der Waals surface area (Å²) in [5, 5.41) is 1.63. The molecule has 4 rings (SSSR count). The molecule has 0 bridgehead atoms. The van der Waals surface area contributed by atoms with Crippen molar-refractivity contribution in [3.05, 3.63) is 46.4 Å². The molecule has 28 heavy (non-hydrogen) atoms. The molecule has 0 aliphatic carbocycles. The van der Waals surface area contributed by atoms with Crippen molar-refractivity contribution in [3.8, 4) is 0 Å². The first-order valence-electron chi connectivity index (χ1n) is 8.81. The number of ether oxygens (including phenoxy) is 1. The summed E-state index contributed by atoms with van der Waals surface area (Å²) in [4.78, 5) is 22.4. The van der Waals surface area contributed by atoms with Gasteiger partial charge in [0.25, 0.3) is 5.91 Å². The quantitative estimate of drug-likeness (QED) is 0.680. The first kappa shape index (κ1) is 19.1. The van der Waals surface area contributed by atoms with Crippen molar-refractivity contribution in [3.63, 3.8) is 0 Å². The van der Waals surface area contributed by atoms with Gasteiger partial charge >= 0.3 is 0 Å². The molecule has 0 saturated carbocycles. The molecule has 0 unspecified atom stereocenters. The molecule has 8 nitrogen and oxygen atoms in total. The Morgan fingerprint density at radius 3 is 2.79 bits per heavy atom. The number of fused-ring (bicyclic) bond motifs is 1. The fraction of sp³-hybridized carbons (Fsp3) is 0.333. The highest BCUT2D eigenvalue weighted by atomic mass is 32.2. The number of H-pyrrole nitrogens is 1. The largest absolute Gasteiger partial charge is 0.379 e. The normalized spacial score (nSPS) is 15.8. The summed E-state index contributed by atoms with van der Waals surface area (Å²) in [5.74, 6) is 0.300. The van der Waals surface area contributed by atoms with Crippen molar-refractivity contribution in [1.29, 1.82) is 0 Å². The topological polar surface area (TPSA) is 95.6 Å². The van der Waals surface area contributed by atoms with Gasteiger partial charge < -0.3 is 14.6 Å². The van der Waals surface area contributed by atoms with Crippen LogP contribution < -0.4 is 0 Å². The summed E-state index contributed by atoms with van der Waals surface area (Å²) in [6.45, 7) is 1.56. The maximum absolute atomic E-state index is 13.0. The number of carbonyl (C=O) groups excluding carboxylic acids is 1. The lowest BCUT2D eigenvalue weighted by molar-refractivity contribution is 0.0728. The smallest absolute Gasteiger partial charge is 0.265 e. The Bertz CT molecular complexity index is 1070. The van der Waals surface area contributed by atoms with Crippen molar-refractivity contribution in [1.82, 2.24) is 19.2 Å². The number of rotatable bonds is 5. The third kappa shape index (κ3) is 3.55. The molecule has 1 aliphatic heterocycles. The van der Waals surface area contributed by atoms with Crippen LogP contribution in [0.5, 0.6) is 0 Å². The van der Waals surface area contributed by atoms with Gasteiger partial charge in [0, 0.05) is 20.1 Å². The van der Waals surface area contributed by atoms with E-state index in [-0.39, 0.29) is 22.2 Å². The summed E-state index contributed by atoms with van der Waals surface area (Å²) in [7, 11) is -2.09. The molecule has 10 heteroatoms. The van der Waals surface area contributed by atoms with Gasteiger partial charge in [0.2, 0.25) is 10.0 Å². The molecule has 1 saturated heterocycles. The second kappa shape index (κ2) is 7.63. The van der Waals surface area contributed by atoms with Crippen molar-refractivity contribution >= 4 is 38.3 Å². The summed E-state index contributed by atoms with van der Waals surface area (Å²) in [6, 6.07) is 9.12. The van der Waals surface area contributed by atoms with Crippen LogP contribution in [0.4, 0.5) is 0 Å². The van der Waals surface area contributed by atoms with E-state index in [9.17, 15) is 13.2 Å². The Balaban J connectivity index is 1.55. The average molecular weight is 421 g/mol. The number of aromatic nitrogens is 2. The van der Waals surface area contributed by atoms with Crippen molar-refractivity contribution in [2.45, 2.75) is 11.4 Å². The Morgan fingerprint density at radius 1 is 1.29 bits per heavy atom. The summed E-state index contributed by atoms with van der Waals surface area (Å²) < 4.78 is 32.5. The zero-order chi connectivity index (χ0) is 19.7. The number of para-hydroxylation sites is 2. The number of morpholine rings is 1. The molecular weight excluding hydrogens is 400 g/mol. The molecule has 2 aromatic heterocycles. The van der Waals surface area contributed by atoms with Crippen LogP contribution in [0.1, 0.15) is 15.5 Å². The first-order chi connectivity index (χ1) is 13.5. The number of nitrogens with zero attached hydrogens (tertiary/aromatic N) is 3. The van der Waals surface area contributed by atoms with Gasteiger partial charge in [-0.2, -0.15) is 4.31 Å². The molecule has 148 valence electrons. The maximum atomic E-state index is 13.0. The van der Waals surface area contributed by atoms with E-state index in [0.29, 0.717) is 32.1 Å². The number of hydrogen-bond donors (Lipinski definition) is 1. The Hall–Kier alpha value is -2.27. The molecule has 1 amide bonds. The average Bonchev–Trinajstić information content (AvgIpc) is 3.35. The molecule has 1 N–H and O–H groups in total. The highest BCUT2D eigenvalue weighted by molar-refractivity contribution is 7.89. The highest BCUT2D eigenvalue weighted by Gasteiger charge is 2.32. The molecule has 3 aromatic rings. The summed E-state index contributed by atoms with van der Waals surface area (Å²) in [6.07, 6.45) is 0. The number of hydrogen-bond acceptors (Lipinski definition) is 6. The van der Waals surface area contributed by atoms with E-state index in [1.807, 2.05) is 24.3 Å². The van der Waals surface area contributed by atoms with Crippen LogP contribution in [0.3, 0.4) is 0 Å². The van der Waals surface area contributed by atoms with E-state index in [1.54, 1.807) is 12.4 Å². The van der Waals surface area contributed by atoms with E-state index < -0.39 is 10.0 Å². The van der Waals surface area contributed by atoms with Crippen molar-refractivity contribution in [2.75, 3.05) is 33.4 Å². The van der Waals surface area contributed by atoms with Gasteiger partial charge in [-0.25, -0.2) is 13.4 Å². The third-order valence-electron chi connectivity index (χ3n) is 4.58. The summed E-state index contributed by atoms with van der Waals surface area (Å²) in [5.41, 5.74) is 1.72. The highest BCUT2D eigenvalue weighted by Crippen LogP contribution is 2.27. The van der Waals surface area contributed by atoms with Crippen LogP contribution in [-0.2, 0) is 21.3 Å². The Morgan fingerprint density at radius 2 is 2.04 bits per heavy atom. The minimum Gasteiger partial charge on any atom is -0.379 e. The number of thiophene rings is 1. The number of sulfonamides is 1. The molecule has 0 spiro atoms. The first-order valence-corrected chi connectivity index (χ1v) is 11.1. The fourth-order valence-electron chi connectivity index (χ4n) is 3.13. The van der Waals surface area contributed by atoms with Gasteiger partial charge in [0.1, 0.15) is 15.6 Å². The van der Waals surface area contributed by atoms with Crippen LogP contribution in [0.25, 0.3) is 11.0 Å². The van der Waals surface area contributed by atoms with Gasteiger partial charge in [-0.3, -0.25) is 4.79 Å². The molecular formula is C18H20N4O4S2. The second-order valence-electron chi connectivity index (χ2n) is 6.49. The zero-order valence-corrected chi connectivity index (χ0v) is 16.9. The predicted octanol–water partition coefficient (Wildman–Crippen LogP) is 1.92. The standard InChI is InChI=1S/C18H20N4O4S2/c1-21(12-16-19-13-4-2-3-5-14(13)20-16)18(23)17-15(6-11-27-17)28(24,25)22-7-9-26-10-8-22/h2-6,11H,7-10,12H2,1H3,(H,19,20). The lowest BCUT2D eigenvalue weighted by Crippen LogP contribution is -2.41. The van der Waals surface area contributed by atoms with Gasteiger partial charge in [-0.15, -0.1) is 11.3 Å². The number of nitrogens with one attached hydrogen (secondary N) is 1. The van der Waals surface area contributed by atoms with E-state index in [0.717, 1.165) is 22.4 Å². The maximum Gasteiger partial charge on any atom is 0.265 e. The lowest BCUT2D eigenvalue weighted by atomic mass is 10.3. The molecule has 0 atom stereocenters. The van der Waals surface area contributed by atoms with Gasteiger partial charge in [0.15, 0.2) is 0 Å². The lowest BCUT2D eigenvalue weighted by Gasteiger charge is -2.26. The zero-order valence-electron chi connectivity index (χ0n) is 15.3. The van der Waals surface area contributed by atoms with E-state index >= 15 is 0 Å². The second-order valence-corrected chi connectivity index (χ2v) is 9.31. The van der Waals surface area contributed by atoms with Crippen LogP contribution >= 0.6 is 11.3 Å². The van der Waals surface area contributed by atoms with E-state index in [4.69, 9.17) is 4.74 Å². The van der Waals surface area contributed by atoms with E-state index in [2.05, 4.69) is 9.97 Å². The number of aromatic amines is 1. The van der Waals surface area contributed by atoms with Crippen LogP contribution in [0.15, 0.2) is 40.6 Å². The fourth-order valence-corrected chi connectivity index (χ4v) is 5.93. The Labute approximate surface area is 166 Å². The third-order valence-corrected chi connectivity index (χ3v) is 7.56. The van der Waals surface area contributed by atoms with Crippen LogP contribution in [0, 0.1) is 0 Å². The number of imidazole rings is 1. The Kier molecular flexibility index (Phi) is 5.19. The number of benzene rings is 1. The number of amides is 1. The van der Waals surface area contributed by atoms with Crippen molar-refractivity contribution in [2.24, 2.45) is 0 Å². The monoisotopic (exact) mass is 420 g/mol. The molecule has 1 aliphatic rings. The number of carbonyl (C=O) groups is 1. The minimum atomic E-state index is -3.73. The predicted molar refractivity (Wildman–Crippen MR) is 106 cm³/mol. The SMILES string of the molecule is CN(Cc1nc2ccccc2[nH]1)C(=O)c1sccc1S(=O)(=O)N1CCOCC1. The molecule has 0 radical (unpaired) electrons. The molecule has 1 fully saturated rings. The van der Waals surface area contributed by atoms with Gasteiger partial charge in [-0.1, -0.05) is 12.1 Å².